The third kappa shape index (κ3) is 1.55. The molecule has 3 N–H and O–H groups in total. The van der Waals surface area contributed by atoms with Gasteiger partial charge in [0.1, 0.15) is 5.84 Å². The number of amidine groups is 1. The molecule has 1 amide bonds. The van der Waals surface area contributed by atoms with Crippen molar-refractivity contribution in [3.63, 3.8) is 0 Å². The van der Waals surface area contributed by atoms with Crippen molar-refractivity contribution in [3.8, 4) is 0 Å². The Morgan fingerprint density at radius 3 is 2.55 bits per heavy atom. The summed E-state index contributed by atoms with van der Waals surface area (Å²) in [6.07, 6.45) is 0. The van der Waals surface area contributed by atoms with Gasteiger partial charge in [0, 0.05) is 6.92 Å². The molecule has 0 atom stereocenters. The molecule has 0 radical (unpaired) electrons. The summed E-state index contributed by atoms with van der Waals surface area (Å²) in [4.78, 5) is 10.4. The van der Waals surface area contributed by atoms with Crippen LogP contribution in [0, 0.1) is 5.41 Å². The van der Waals surface area contributed by atoms with E-state index in [2.05, 4.69) is 5.32 Å². The van der Waals surface area contributed by atoms with Crippen molar-refractivity contribution in [1.82, 2.24) is 5.32 Å². The summed E-state index contributed by atoms with van der Waals surface area (Å²) in [6, 6.07) is 0. The van der Waals surface area contributed by atoms with E-state index in [1.165, 1.54) is 6.92 Å². The summed E-state index contributed by atoms with van der Waals surface area (Å²) in [5.41, 5.74) is -1.26. The molecule has 0 aromatic rings. The summed E-state index contributed by atoms with van der Waals surface area (Å²) in [5.74, 6) is -0.536. The van der Waals surface area contributed by atoms with Crippen molar-refractivity contribution in [3.05, 3.63) is 0 Å². The fourth-order valence-electron chi connectivity index (χ4n) is 0.732. The van der Waals surface area contributed by atoms with Gasteiger partial charge in [-0.05, 0) is 0 Å². The fraction of sp³-hybridized carbons (Fsp3) is 0.667. The maximum Gasteiger partial charge on any atom is 0.222 e. The van der Waals surface area contributed by atoms with Crippen molar-refractivity contribution in [2.75, 3.05) is 13.2 Å². The molecule has 0 spiro atoms. The predicted octanol–water partition coefficient (Wildman–Crippen LogP) is -1.14. The Morgan fingerprint density at radius 1 is 1.73 bits per heavy atom. The normalized spacial score (nSPS) is 20.2. The molecule has 11 heavy (non-hydrogen) atoms. The first kappa shape index (κ1) is 8.16. The highest BCUT2D eigenvalue weighted by Crippen LogP contribution is 2.16. The van der Waals surface area contributed by atoms with Gasteiger partial charge in [0.05, 0.1) is 13.2 Å². The third-order valence-corrected chi connectivity index (χ3v) is 1.45. The number of amides is 1. The summed E-state index contributed by atoms with van der Waals surface area (Å²) in [7, 11) is 0. The second-order valence-electron chi connectivity index (χ2n) is 2.58. The first-order valence-corrected chi connectivity index (χ1v) is 3.21. The lowest BCUT2D eigenvalue weighted by atomic mass is 10.0. The maximum atomic E-state index is 10.4. The minimum Gasteiger partial charge on any atom is -0.377 e. The number of hydrogen-bond acceptors (Lipinski definition) is 4. The average molecular weight is 158 g/mol. The van der Waals surface area contributed by atoms with E-state index in [9.17, 15) is 9.90 Å². The highest BCUT2D eigenvalue weighted by Gasteiger charge is 2.41. The largest absolute Gasteiger partial charge is 0.377 e. The second kappa shape index (κ2) is 2.60. The summed E-state index contributed by atoms with van der Waals surface area (Å²) >= 11 is 0. The van der Waals surface area contributed by atoms with Crippen LogP contribution in [-0.4, -0.2) is 35.7 Å². The van der Waals surface area contributed by atoms with Gasteiger partial charge in [0.2, 0.25) is 5.91 Å². The first-order valence-electron chi connectivity index (χ1n) is 3.21. The SMILES string of the molecule is CC(=O)NC(=N)C1(O)COC1. The van der Waals surface area contributed by atoms with Crippen LogP contribution in [0.3, 0.4) is 0 Å². The van der Waals surface area contributed by atoms with Crippen LogP contribution >= 0.6 is 0 Å². The smallest absolute Gasteiger partial charge is 0.222 e. The lowest BCUT2D eigenvalue weighted by Crippen LogP contribution is -2.60. The zero-order chi connectivity index (χ0) is 8.48. The van der Waals surface area contributed by atoms with Gasteiger partial charge in [-0.1, -0.05) is 0 Å². The monoisotopic (exact) mass is 158 g/mol. The van der Waals surface area contributed by atoms with E-state index in [0.717, 1.165) is 0 Å². The molecule has 62 valence electrons. The Morgan fingerprint density at radius 2 is 2.27 bits per heavy atom. The number of aliphatic hydroxyl groups is 1. The van der Waals surface area contributed by atoms with E-state index in [1.54, 1.807) is 0 Å². The van der Waals surface area contributed by atoms with Gasteiger partial charge in [-0.25, -0.2) is 0 Å². The van der Waals surface area contributed by atoms with Crippen LogP contribution in [0.4, 0.5) is 0 Å². The molecule has 0 saturated carbocycles. The number of hydrogen-bond donors (Lipinski definition) is 3. The van der Waals surface area contributed by atoms with Crippen LogP contribution < -0.4 is 5.32 Å². The average Bonchev–Trinajstić information content (AvgIpc) is 1.81. The number of carbonyl (C=O) groups excluding carboxylic acids is 1. The molecule has 0 aromatic heterocycles. The van der Waals surface area contributed by atoms with Crippen molar-refractivity contribution in [2.45, 2.75) is 12.5 Å². The Labute approximate surface area is 63.9 Å². The van der Waals surface area contributed by atoms with E-state index >= 15 is 0 Å². The fourth-order valence-corrected chi connectivity index (χ4v) is 0.732. The summed E-state index contributed by atoms with van der Waals surface area (Å²) in [5, 5.41) is 18.8. The van der Waals surface area contributed by atoms with Gasteiger partial charge >= 0.3 is 0 Å². The predicted molar refractivity (Wildman–Crippen MR) is 37.3 cm³/mol. The zero-order valence-corrected chi connectivity index (χ0v) is 6.18. The molecule has 5 nitrogen and oxygen atoms in total. The van der Waals surface area contributed by atoms with Gasteiger partial charge < -0.3 is 15.2 Å². The van der Waals surface area contributed by atoms with Crippen LogP contribution in [0.15, 0.2) is 0 Å². The molecule has 1 heterocycles. The molecule has 0 aliphatic carbocycles. The topological polar surface area (TPSA) is 82.4 Å². The molecule has 1 saturated heterocycles. The maximum absolute atomic E-state index is 10.4. The van der Waals surface area contributed by atoms with E-state index in [-0.39, 0.29) is 25.0 Å². The molecule has 1 fully saturated rings. The zero-order valence-electron chi connectivity index (χ0n) is 6.18. The minimum atomic E-state index is -1.26. The number of rotatable bonds is 1. The molecule has 1 aliphatic rings. The molecular formula is C6H10N2O3. The molecule has 1 aliphatic heterocycles. The lowest BCUT2D eigenvalue weighted by molar-refractivity contribution is -0.138. The van der Waals surface area contributed by atoms with E-state index < -0.39 is 5.60 Å². The molecule has 1 rings (SSSR count). The molecule has 0 bridgehead atoms. The second-order valence-corrected chi connectivity index (χ2v) is 2.58. The number of ether oxygens (including phenoxy) is 1. The van der Waals surface area contributed by atoms with Crippen LogP contribution in [-0.2, 0) is 9.53 Å². The highest BCUT2D eigenvalue weighted by atomic mass is 16.5. The van der Waals surface area contributed by atoms with Crippen LogP contribution in [0.2, 0.25) is 0 Å². The van der Waals surface area contributed by atoms with Gasteiger partial charge in [0.15, 0.2) is 5.60 Å². The Balaban J connectivity index is 2.47. The first-order chi connectivity index (χ1) is 5.04. The Bertz CT molecular complexity index is 198. The van der Waals surface area contributed by atoms with E-state index in [1.807, 2.05) is 0 Å². The standard InChI is InChI=1S/C6H10N2O3/c1-4(9)8-5(7)6(10)2-11-3-6/h10H,2-3H2,1H3,(H2,7,8,9). The van der Waals surface area contributed by atoms with E-state index in [0.29, 0.717) is 0 Å². The molecule has 0 unspecified atom stereocenters. The van der Waals surface area contributed by atoms with Gasteiger partial charge in [-0.3, -0.25) is 10.2 Å². The van der Waals surface area contributed by atoms with Gasteiger partial charge in [-0.2, -0.15) is 0 Å². The van der Waals surface area contributed by atoms with Crippen molar-refractivity contribution in [1.29, 1.82) is 5.41 Å². The molecule has 0 aromatic carbocycles. The highest BCUT2D eigenvalue weighted by molar-refractivity contribution is 6.00. The molecule has 5 heteroatoms. The lowest BCUT2D eigenvalue weighted by Gasteiger charge is -2.36. The summed E-state index contributed by atoms with van der Waals surface area (Å²) in [6.45, 7) is 1.47. The van der Waals surface area contributed by atoms with Crippen LogP contribution in [0.1, 0.15) is 6.92 Å². The van der Waals surface area contributed by atoms with Crippen molar-refractivity contribution in [2.24, 2.45) is 0 Å². The number of nitrogens with one attached hydrogen (secondary N) is 2. The summed E-state index contributed by atoms with van der Waals surface area (Å²) < 4.78 is 4.70. The van der Waals surface area contributed by atoms with Gasteiger partial charge in [-0.15, -0.1) is 0 Å². The minimum absolute atomic E-state index is 0.0894. The molecular weight excluding hydrogens is 148 g/mol. The van der Waals surface area contributed by atoms with Crippen LogP contribution in [0.25, 0.3) is 0 Å². The number of carbonyl (C=O) groups is 1. The van der Waals surface area contributed by atoms with Crippen molar-refractivity contribution >= 4 is 11.7 Å². The third-order valence-electron chi connectivity index (χ3n) is 1.45. The van der Waals surface area contributed by atoms with Crippen molar-refractivity contribution < 1.29 is 14.6 Å². The van der Waals surface area contributed by atoms with Gasteiger partial charge in [0.25, 0.3) is 0 Å². The van der Waals surface area contributed by atoms with E-state index in [4.69, 9.17) is 10.1 Å². The quantitative estimate of drug-likeness (QED) is 0.333. The Kier molecular flexibility index (Phi) is 1.92. The Hall–Kier alpha value is -0.940. The van der Waals surface area contributed by atoms with Crippen LogP contribution in [0.5, 0.6) is 0 Å².